The normalized spacial score (nSPS) is 10.3. The molecule has 1 amide bonds. The average Bonchev–Trinajstić information content (AvgIpc) is 2.69. The standard InChI is InChI=1S/C20H26N4O2S/c1-24(2)14-8-13-21-20(27)23-22-19(25)15-26-18-12-7-6-11-17(18)16-9-4-3-5-10-16/h3-7,9-12H,8,13-15H2,1-2H3,(H,22,25)(H2,21,23,27)/p+1. The van der Waals surface area contributed by atoms with Crippen LogP contribution in [0, 0.1) is 0 Å². The van der Waals surface area contributed by atoms with Crippen LogP contribution in [0.3, 0.4) is 0 Å². The molecule has 4 N–H and O–H groups in total. The number of rotatable bonds is 8. The number of hydrogen-bond donors (Lipinski definition) is 4. The number of para-hydroxylation sites is 1. The molecule has 0 radical (unpaired) electrons. The minimum absolute atomic E-state index is 0.108. The summed E-state index contributed by atoms with van der Waals surface area (Å²) in [4.78, 5) is 13.4. The molecule has 2 rings (SSSR count). The smallest absolute Gasteiger partial charge is 0.276 e. The third kappa shape index (κ3) is 7.64. The monoisotopic (exact) mass is 387 g/mol. The second kappa shape index (κ2) is 11.2. The van der Waals surface area contributed by atoms with E-state index in [-0.39, 0.29) is 12.5 Å². The molecule has 27 heavy (non-hydrogen) atoms. The first-order valence-electron chi connectivity index (χ1n) is 8.95. The van der Waals surface area contributed by atoms with Crippen molar-refractivity contribution in [3.8, 4) is 16.9 Å². The summed E-state index contributed by atoms with van der Waals surface area (Å²) >= 11 is 5.13. The Hall–Kier alpha value is -2.64. The number of thiocarbonyl (C=S) groups is 1. The topological polar surface area (TPSA) is 66.8 Å². The molecule has 0 aliphatic carbocycles. The molecular formula is C20H27N4O2S+. The molecule has 0 saturated carbocycles. The summed E-state index contributed by atoms with van der Waals surface area (Å²) < 4.78 is 5.69. The van der Waals surface area contributed by atoms with Gasteiger partial charge in [-0.05, 0) is 23.8 Å². The van der Waals surface area contributed by atoms with Crippen LogP contribution in [0.25, 0.3) is 11.1 Å². The Balaban J connectivity index is 1.76. The van der Waals surface area contributed by atoms with E-state index < -0.39 is 0 Å². The van der Waals surface area contributed by atoms with Crippen LogP contribution in [0.1, 0.15) is 6.42 Å². The molecule has 0 atom stereocenters. The van der Waals surface area contributed by atoms with Gasteiger partial charge in [0.2, 0.25) is 0 Å². The van der Waals surface area contributed by atoms with Crippen molar-refractivity contribution < 1.29 is 14.4 Å². The third-order valence-electron chi connectivity index (χ3n) is 3.79. The van der Waals surface area contributed by atoms with Crippen molar-refractivity contribution in [2.45, 2.75) is 6.42 Å². The number of quaternary nitrogens is 1. The zero-order valence-electron chi connectivity index (χ0n) is 15.7. The zero-order chi connectivity index (χ0) is 19.5. The van der Waals surface area contributed by atoms with Gasteiger partial charge in [-0.3, -0.25) is 15.6 Å². The lowest BCUT2D eigenvalue weighted by atomic mass is 10.1. The summed E-state index contributed by atoms with van der Waals surface area (Å²) in [6, 6.07) is 17.6. The minimum atomic E-state index is -0.306. The van der Waals surface area contributed by atoms with Gasteiger partial charge in [-0.1, -0.05) is 48.5 Å². The third-order valence-corrected chi connectivity index (χ3v) is 4.03. The van der Waals surface area contributed by atoms with E-state index in [9.17, 15) is 4.79 Å². The van der Waals surface area contributed by atoms with Crippen LogP contribution in [0.4, 0.5) is 0 Å². The van der Waals surface area contributed by atoms with Crippen molar-refractivity contribution in [2.24, 2.45) is 0 Å². The van der Waals surface area contributed by atoms with Crippen molar-refractivity contribution in [2.75, 3.05) is 33.8 Å². The lowest BCUT2D eigenvalue weighted by molar-refractivity contribution is -0.858. The van der Waals surface area contributed by atoms with Crippen molar-refractivity contribution in [3.05, 3.63) is 54.6 Å². The lowest BCUT2D eigenvalue weighted by Crippen LogP contribution is -3.05. The van der Waals surface area contributed by atoms with Gasteiger partial charge < -0.3 is 15.0 Å². The molecule has 144 valence electrons. The Labute approximate surface area is 165 Å². The van der Waals surface area contributed by atoms with Crippen molar-refractivity contribution in [3.63, 3.8) is 0 Å². The summed E-state index contributed by atoms with van der Waals surface area (Å²) in [6.07, 6.45) is 0.998. The summed E-state index contributed by atoms with van der Waals surface area (Å²) in [7, 11) is 4.21. The first-order valence-corrected chi connectivity index (χ1v) is 9.36. The van der Waals surface area contributed by atoms with Gasteiger partial charge >= 0.3 is 0 Å². The molecule has 0 bridgehead atoms. The van der Waals surface area contributed by atoms with Crippen LogP contribution >= 0.6 is 12.2 Å². The highest BCUT2D eigenvalue weighted by Crippen LogP contribution is 2.29. The van der Waals surface area contributed by atoms with E-state index in [0.29, 0.717) is 10.9 Å². The molecule has 0 aliphatic heterocycles. The second-order valence-electron chi connectivity index (χ2n) is 6.39. The molecule has 2 aromatic rings. The van der Waals surface area contributed by atoms with E-state index in [1.165, 1.54) is 4.90 Å². The molecule has 0 aliphatic rings. The molecule has 0 spiro atoms. The molecule has 0 unspecified atom stereocenters. The number of amides is 1. The fraction of sp³-hybridized carbons (Fsp3) is 0.300. The van der Waals surface area contributed by atoms with Crippen molar-refractivity contribution in [1.82, 2.24) is 16.2 Å². The molecular weight excluding hydrogens is 360 g/mol. The van der Waals surface area contributed by atoms with Gasteiger partial charge in [0.05, 0.1) is 20.6 Å². The number of ether oxygens (including phenoxy) is 1. The van der Waals surface area contributed by atoms with E-state index >= 15 is 0 Å². The maximum Gasteiger partial charge on any atom is 0.276 e. The Kier molecular flexibility index (Phi) is 8.54. The Morgan fingerprint density at radius 1 is 1.04 bits per heavy atom. The first-order chi connectivity index (χ1) is 13.1. The average molecular weight is 388 g/mol. The van der Waals surface area contributed by atoms with E-state index in [4.69, 9.17) is 17.0 Å². The van der Waals surface area contributed by atoms with E-state index in [1.54, 1.807) is 0 Å². The Morgan fingerprint density at radius 2 is 1.74 bits per heavy atom. The van der Waals surface area contributed by atoms with Gasteiger partial charge in [-0.15, -0.1) is 0 Å². The Morgan fingerprint density at radius 3 is 2.48 bits per heavy atom. The Bertz CT molecular complexity index is 738. The van der Waals surface area contributed by atoms with Gasteiger partial charge in [0.15, 0.2) is 11.7 Å². The number of nitrogens with one attached hydrogen (secondary N) is 4. The minimum Gasteiger partial charge on any atom is -0.483 e. The van der Waals surface area contributed by atoms with Crippen LogP contribution in [0.15, 0.2) is 54.6 Å². The molecule has 7 heteroatoms. The number of carbonyl (C=O) groups excluding carboxylic acids is 1. The highest BCUT2D eigenvalue weighted by Gasteiger charge is 2.08. The summed E-state index contributed by atoms with van der Waals surface area (Å²) in [6.45, 7) is 1.70. The molecule has 6 nitrogen and oxygen atoms in total. The maximum absolute atomic E-state index is 12.0. The van der Waals surface area contributed by atoms with Crippen molar-refractivity contribution in [1.29, 1.82) is 0 Å². The molecule has 0 fully saturated rings. The van der Waals surface area contributed by atoms with Gasteiger partial charge in [0.25, 0.3) is 5.91 Å². The number of hydrogen-bond acceptors (Lipinski definition) is 3. The SMILES string of the molecule is C[NH+](C)CCCNC(=S)NNC(=O)COc1ccccc1-c1ccccc1. The van der Waals surface area contributed by atoms with E-state index in [1.807, 2.05) is 54.6 Å². The fourth-order valence-corrected chi connectivity index (χ4v) is 2.60. The van der Waals surface area contributed by atoms with E-state index in [2.05, 4.69) is 30.3 Å². The zero-order valence-corrected chi connectivity index (χ0v) is 16.6. The number of benzene rings is 2. The molecule has 2 aromatic carbocycles. The highest BCUT2D eigenvalue weighted by atomic mass is 32.1. The van der Waals surface area contributed by atoms with Crippen LogP contribution in [-0.2, 0) is 4.79 Å². The maximum atomic E-state index is 12.0. The largest absolute Gasteiger partial charge is 0.483 e. The molecule has 0 heterocycles. The van der Waals surface area contributed by atoms with Crippen LogP contribution in [-0.4, -0.2) is 44.8 Å². The van der Waals surface area contributed by atoms with Crippen LogP contribution in [0.2, 0.25) is 0 Å². The highest BCUT2D eigenvalue weighted by molar-refractivity contribution is 7.80. The fourth-order valence-electron chi connectivity index (χ4n) is 2.44. The van der Waals surface area contributed by atoms with Crippen LogP contribution in [0.5, 0.6) is 5.75 Å². The summed E-state index contributed by atoms with van der Waals surface area (Å²) in [5.74, 6) is 0.352. The molecule has 0 saturated heterocycles. The van der Waals surface area contributed by atoms with Gasteiger partial charge in [-0.2, -0.15) is 0 Å². The predicted octanol–water partition coefficient (Wildman–Crippen LogP) is 0.762. The van der Waals surface area contributed by atoms with Crippen molar-refractivity contribution >= 4 is 23.2 Å². The summed E-state index contributed by atoms with van der Waals surface area (Å²) in [5, 5.41) is 3.44. The van der Waals surface area contributed by atoms with Gasteiger partial charge in [0.1, 0.15) is 5.75 Å². The molecule has 0 aromatic heterocycles. The quantitative estimate of drug-likeness (QED) is 0.306. The van der Waals surface area contributed by atoms with Gasteiger partial charge in [-0.25, -0.2) is 0 Å². The lowest BCUT2D eigenvalue weighted by Gasteiger charge is -2.14. The van der Waals surface area contributed by atoms with E-state index in [0.717, 1.165) is 30.6 Å². The first kappa shape index (κ1) is 20.7. The second-order valence-corrected chi connectivity index (χ2v) is 6.80. The number of hydrazine groups is 1. The van der Waals surface area contributed by atoms with Crippen LogP contribution < -0.4 is 25.8 Å². The van der Waals surface area contributed by atoms with Gasteiger partial charge in [0, 0.05) is 18.5 Å². The summed E-state index contributed by atoms with van der Waals surface area (Å²) in [5.41, 5.74) is 7.21. The number of carbonyl (C=O) groups is 1. The predicted molar refractivity (Wildman–Crippen MR) is 112 cm³/mol.